The molecule has 3 aromatic rings. The maximum Gasteiger partial charge on any atom is 0.135 e. The monoisotopic (exact) mass is 223 g/mol. The fourth-order valence-electron chi connectivity index (χ4n) is 2.09. The van der Waals surface area contributed by atoms with Gasteiger partial charge in [0, 0.05) is 16.8 Å². The van der Waals surface area contributed by atoms with Crippen LogP contribution in [0.4, 0.5) is 0 Å². The number of benzene rings is 2. The Bertz CT molecular complexity index is 696. The van der Waals surface area contributed by atoms with Crippen LogP contribution in [0.5, 0.6) is 0 Å². The van der Waals surface area contributed by atoms with Crippen LogP contribution in [0.3, 0.4) is 0 Å². The van der Waals surface area contributed by atoms with Gasteiger partial charge in [-0.15, -0.1) is 6.58 Å². The van der Waals surface area contributed by atoms with Crippen molar-refractivity contribution in [2.75, 3.05) is 0 Å². The van der Waals surface area contributed by atoms with Gasteiger partial charge in [0.1, 0.15) is 11.2 Å². The molecule has 17 heavy (non-hydrogen) atoms. The summed E-state index contributed by atoms with van der Waals surface area (Å²) in [6, 6.07) is 13.9. The molecule has 0 aliphatic heterocycles. The fourth-order valence-corrected chi connectivity index (χ4v) is 2.09. The van der Waals surface area contributed by atoms with Crippen LogP contribution in [0.15, 0.2) is 59.5 Å². The van der Waals surface area contributed by atoms with E-state index < -0.39 is 0 Å². The van der Waals surface area contributed by atoms with Crippen LogP contribution >= 0.6 is 0 Å². The number of para-hydroxylation sites is 1. The SMILES string of the molecule is C=CC(N)c1ccc2oc3ccccc3c2c1. The van der Waals surface area contributed by atoms with Gasteiger partial charge in [-0.3, -0.25) is 0 Å². The molecule has 0 aliphatic carbocycles. The molecule has 0 bridgehead atoms. The van der Waals surface area contributed by atoms with E-state index in [1.54, 1.807) is 6.08 Å². The number of hydrogen-bond acceptors (Lipinski definition) is 2. The third-order valence-electron chi connectivity index (χ3n) is 3.04. The average molecular weight is 223 g/mol. The first kappa shape index (κ1) is 10.1. The largest absolute Gasteiger partial charge is 0.456 e. The molecule has 84 valence electrons. The minimum atomic E-state index is -0.131. The van der Waals surface area contributed by atoms with Crippen molar-refractivity contribution in [3.8, 4) is 0 Å². The molecule has 2 heteroatoms. The molecule has 0 spiro atoms. The molecule has 1 heterocycles. The number of nitrogens with two attached hydrogens (primary N) is 1. The number of rotatable bonds is 2. The van der Waals surface area contributed by atoms with Crippen LogP contribution in [0.1, 0.15) is 11.6 Å². The van der Waals surface area contributed by atoms with E-state index in [0.717, 1.165) is 27.5 Å². The van der Waals surface area contributed by atoms with Crippen molar-refractivity contribution < 1.29 is 4.42 Å². The molecule has 0 saturated carbocycles. The summed E-state index contributed by atoms with van der Waals surface area (Å²) in [5, 5.41) is 2.23. The van der Waals surface area contributed by atoms with Crippen molar-refractivity contribution in [2.45, 2.75) is 6.04 Å². The van der Waals surface area contributed by atoms with Crippen LogP contribution in [0.2, 0.25) is 0 Å². The van der Waals surface area contributed by atoms with Gasteiger partial charge in [0.15, 0.2) is 0 Å². The highest BCUT2D eigenvalue weighted by atomic mass is 16.3. The summed E-state index contributed by atoms with van der Waals surface area (Å²) >= 11 is 0. The highest BCUT2D eigenvalue weighted by Gasteiger charge is 2.08. The lowest BCUT2D eigenvalue weighted by Crippen LogP contribution is -2.05. The summed E-state index contributed by atoms with van der Waals surface area (Å²) in [4.78, 5) is 0. The van der Waals surface area contributed by atoms with Crippen LogP contribution in [0.25, 0.3) is 21.9 Å². The molecule has 0 radical (unpaired) electrons. The van der Waals surface area contributed by atoms with E-state index in [1.165, 1.54) is 0 Å². The van der Waals surface area contributed by atoms with Gasteiger partial charge < -0.3 is 10.2 Å². The van der Waals surface area contributed by atoms with Crippen molar-refractivity contribution in [1.29, 1.82) is 0 Å². The van der Waals surface area contributed by atoms with Gasteiger partial charge in [-0.05, 0) is 23.8 Å². The quantitative estimate of drug-likeness (QED) is 0.671. The maximum atomic E-state index is 5.95. The number of furan rings is 1. The second-order valence-corrected chi connectivity index (χ2v) is 4.12. The summed E-state index contributed by atoms with van der Waals surface area (Å²) in [5.74, 6) is 0. The van der Waals surface area contributed by atoms with Crippen molar-refractivity contribution >= 4 is 21.9 Å². The van der Waals surface area contributed by atoms with Gasteiger partial charge in [0.2, 0.25) is 0 Å². The van der Waals surface area contributed by atoms with Crippen molar-refractivity contribution in [1.82, 2.24) is 0 Å². The zero-order chi connectivity index (χ0) is 11.8. The van der Waals surface area contributed by atoms with Gasteiger partial charge in [0.25, 0.3) is 0 Å². The van der Waals surface area contributed by atoms with Crippen molar-refractivity contribution in [2.24, 2.45) is 5.73 Å². The Morgan fingerprint density at radius 1 is 1.06 bits per heavy atom. The maximum absolute atomic E-state index is 5.95. The molecule has 2 aromatic carbocycles. The van der Waals surface area contributed by atoms with E-state index >= 15 is 0 Å². The first-order chi connectivity index (χ1) is 8.29. The Morgan fingerprint density at radius 3 is 2.65 bits per heavy atom. The Hall–Kier alpha value is -2.06. The van der Waals surface area contributed by atoms with E-state index in [4.69, 9.17) is 10.2 Å². The molecule has 0 saturated heterocycles. The molecule has 1 unspecified atom stereocenters. The molecule has 1 atom stereocenters. The lowest BCUT2D eigenvalue weighted by atomic mass is 10.0. The second kappa shape index (κ2) is 3.75. The highest BCUT2D eigenvalue weighted by Crippen LogP contribution is 2.30. The van der Waals surface area contributed by atoms with Gasteiger partial charge in [-0.2, -0.15) is 0 Å². The lowest BCUT2D eigenvalue weighted by Gasteiger charge is -2.05. The van der Waals surface area contributed by atoms with Gasteiger partial charge >= 0.3 is 0 Å². The fraction of sp³-hybridized carbons (Fsp3) is 0.0667. The third kappa shape index (κ3) is 1.54. The Balaban J connectivity index is 2.33. The molecular weight excluding hydrogens is 210 g/mol. The molecule has 2 N–H and O–H groups in total. The summed E-state index contributed by atoms with van der Waals surface area (Å²) in [5.41, 5.74) is 8.81. The molecular formula is C15H13NO. The molecule has 0 amide bonds. The van der Waals surface area contributed by atoms with E-state index in [-0.39, 0.29) is 6.04 Å². The summed E-state index contributed by atoms with van der Waals surface area (Å²) in [7, 11) is 0. The minimum Gasteiger partial charge on any atom is -0.456 e. The zero-order valence-electron chi connectivity index (χ0n) is 9.39. The first-order valence-corrected chi connectivity index (χ1v) is 5.59. The van der Waals surface area contributed by atoms with E-state index in [0.29, 0.717) is 0 Å². The normalized spacial score (nSPS) is 13.0. The summed E-state index contributed by atoms with van der Waals surface area (Å²) in [6.45, 7) is 3.72. The molecule has 2 nitrogen and oxygen atoms in total. The minimum absolute atomic E-state index is 0.131. The third-order valence-corrected chi connectivity index (χ3v) is 3.04. The Labute approximate surface area is 99.3 Å². The zero-order valence-corrected chi connectivity index (χ0v) is 9.39. The molecule has 0 aliphatic rings. The lowest BCUT2D eigenvalue weighted by molar-refractivity contribution is 0.668. The van der Waals surface area contributed by atoms with Crippen molar-refractivity contribution in [3.05, 3.63) is 60.7 Å². The topological polar surface area (TPSA) is 39.2 Å². The highest BCUT2D eigenvalue weighted by molar-refractivity contribution is 6.05. The van der Waals surface area contributed by atoms with Crippen molar-refractivity contribution in [3.63, 3.8) is 0 Å². The number of hydrogen-bond donors (Lipinski definition) is 1. The summed E-state index contributed by atoms with van der Waals surface area (Å²) < 4.78 is 5.75. The molecule has 3 rings (SSSR count). The Morgan fingerprint density at radius 2 is 1.82 bits per heavy atom. The standard InChI is InChI=1S/C15H13NO/c1-2-13(16)10-7-8-15-12(9-10)11-5-3-4-6-14(11)17-15/h2-9,13H,1,16H2. The van der Waals surface area contributed by atoms with E-state index in [2.05, 4.69) is 18.7 Å². The van der Waals surface area contributed by atoms with Crippen LogP contribution < -0.4 is 5.73 Å². The average Bonchev–Trinajstić information content (AvgIpc) is 2.75. The smallest absolute Gasteiger partial charge is 0.135 e. The van der Waals surface area contributed by atoms with Gasteiger partial charge in [-0.1, -0.05) is 30.3 Å². The number of fused-ring (bicyclic) bond motifs is 3. The van der Waals surface area contributed by atoms with Gasteiger partial charge in [-0.25, -0.2) is 0 Å². The first-order valence-electron chi connectivity index (χ1n) is 5.59. The van der Waals surface area contributed by atoms with Gasteiger partial charge in [0.05, 0.1) is 0 Å². The Kier molecular flexibility index (Phi) is 2.23. The molecule has 1 aromatic heterocycles. The van der Waals surface area contributed by atoms with Crippen LogP contribution in [0, 0.1) is 0 Å². The predicted octanol–water partition coefficient (Wildman–Crippen LogP) is 3.77. The summed E-state index contributed by atoms with van der Waals surface area (Å²) in [6.07, 6.45) is 1.74. The molecule has 0 fully saturated rings. The second-order valence-electron chi connectivity index (χ2n) is 4.12. The van der Waals surface area contributed by atoms with Crippen LogP contribution in [-0.4, -0.2) is 0 Å². The van der Waals surface area contributed by atoms with E-state index in [9.17, 15) is 0 Å². The predicted molar refractivity (Wildman–Crippen MR) is 70.8 cm³/mol. The van der Waals surface area contributed by atoms with E-state index in [1.807, 2.05) is 30.3 Å². The van der Waals surface area contributed by atoms with Crippen LogP contribution in [-0.2, 0) is 0 Å².